The van der Waals surface area contributed by atoms with Gasteiger partial charge in [0.1, 0.15) is 5.75 Å². The van der Waals surface area contributed by atoms with E-state index in [2.05, 4.69) is 41.9 Å². The SMILES string of the molecule is CCC(C)c1ccccc1OCCBr. The number of alkyl halides is 1. The molecule has 0 aromatic heterocycles. The lowest BCUT2D eigenvalue weighted by Gasteiger charge is -2.14. The van der Waals surface area contributed by atoms with Crippen LogP contribution in [-0.4, -0.2) is 11.9 Å². The maximum atomic E-state index is 5.66. The third-order valence-electron chi connectivity index (χ3n) is 2.40. The highest BCUT2D eigenvalue weighted by Gasteiger charge is 2.08. The van der Waals surface area contributed by atoms with Gasteiger partial charge in [-0.05, 0) is 24.0 Å². The average Bonchev–Trinajstić information content (AvgIpc) is 2.25. The van der Waals surface area contributed by atoms with Gasteiger partial charge in [0.15, 0.2) is 0 Å². The Hall–Kier alpha value is -0.500. The largest absolute Gasteiger partial charge is 0.492 e. The van der Waals surface area contributed by atoms with Gasteiger partial charge >= 0.3 is 0 Å². The fourth-order valence-corrected chi connectivity index (χ4v) is 1.55. The molecule has 0 radical (unpaired) electrons. The Morgan fingerprint density at radius 2 is 2.07 bits per heavy atom. The minimum atomic E-state index is 0.571. The van der Waals surface area contributed by atoms with Crippen LogP contribution in [0.1, 0.15) is 31.7 Å². The molecule has 0 bridgehead atoms. The molecule has 1 atom stereocenters. The van der Waals surface area contributed by atoms with Crippen molar-refractivity contribution in [2.75, 3.05) is 11.9 Å². The first-order chi connectivity index (χ1) is 6.79. The molecular formula is C12H17BrO. The molecule has 2 heteroatoms. The summed E-state index contributed by atoms with van der Waals surface area (Å²) < 4.78 is 5.66. The number of para-hydroxylation sites is 1. The van der Waals surface area contributed by atoms with Gasteiger partial charge < -0.3 is 4.74 Å². The quantitative estimate of drug-likeness (QED) is 0.725. The zero-order chi connectivity index (χ0) is 10.4. The van der Waals surface area contributed by atoms with E-state index in [9.17, 15) is 0 Å². The molecule has 1 aromatic carbocycles. The van der Waals surface area contributed by atoms with Crippen LogP contribution in [0.2, 0.25) is 0 Å². The summed E-state index contributed by atoms with van der Waals surface area (Å²) in [6.07, 6.45) is 1.15. The van der Waals surface area contributed by atoms with Gasteiger partial charge in [-0.3, -0.25) is 0 Å². The van der Waals surface area contributed by atoms with Gasteiger partial charge in [0.2, 0.25) is 0 Å². The number of hydrogen-bond donors (Lipinski definition) is 0. The lowest BCUT2D eigenvalue weighted by molar-refractivity contribution is 0.339. The van der Waals surface area contributed by atoms with Gasteiger partial charge in [0.05, 0.1) is 6.61 Å². The lowest BCUT2D eigenvalue weighted by atomic mass is 9.98. The zero-order valence-electron chi connectivity index (χ0n) is 8.79. The van der Waals surface area contributed by atoms with E-state index in [-0.39, 0.29) is 0 Å². The predicted octanol–water partition coefficient (Wildman–Crippen LogP) is 3.97. The first-order valence-electron chi connectivity index (χ1n) is 5.07. The van der Waals surface area contributed by atoms with Crippen molar-refractivity contribution in [2.24, 2.45) is 0 Å². The normalized spacial score (nSPS) is 12.5. The Balaban J connectivity index is 2.79. The van der Waals surface area contributed by atoms with Gasteiger partial charge in [-0.25, -0.2) is 0 Å². The summed E-state index contributed by atoms with van der Waals surface area (Å²) in [5, 5.41) is 0.877. The van der Waals surface area contributed by atoms with Crippen LogP contribution < -0.4 is 4.74 Å². The third-order valence-corrected chi connectivity index (χ3v) is 2.72. The standard InChI is InChI=1S/C12H17BrO/c1-3-10(2)11-6-4-5-7-12(11)14-9-8-13/h4-7,10H,3,8-9H2,1-2H3. The molecule has 0 spiro atoms. The van der Waals surface area contributed by atoms with Crippen LogP contribution in [0, 0.1) is 0 Å². The van der Waals surface area contributed by atoms with Crippen molar-refractivity contribution < 1.29 is 4.74 Å². The van der Waals surface area contributed by atoms with Crippen molar-refractivity contribution in [3.05, 3.63) is 29.8 Å². The summed E-state index contributed by atoms with van der Waals surface area (Å²) in [7, 11) is 0. The van der Waals surface area contributed by atoms with E-state index >= 15 is 0 Å². The minimum Gasteiger partial charge on any atom is -0.492 e. The van der Waals surface area contributed by atoms with E-state index in [4.69, 9.17) is 4.74 Å². The van der Waals surface area contributed by atoms with Crippen molar-refractivity contribution in [1.82, 2.24) is 0 Å². The van der Waals surface area contributed by atoms with Gasteiger partial charge in [-0.2, -0.15) is 0 Å². The summed E-state index contributed by atoms with van der Waals surface area (Å²) in [6.45, 7) is 5.16. The Kier molecular flexibility index (Phi) is 5.02. The van der Waals surface area contributed by atoms with Crippen LogP contribution in [0.4, 0.5) is 0 Å². The molecule has 0 aliphatic rings. The van der Waals surface area contributed by atoms with Crippen LogP contribution in [-0.2, 0) is 0 Å². The van der Waals surface area contributed by atoms with Gasteiger partial charge in [-0.15, -0.1) is 0 Å². The van der Waals surface area contributed by atoms with E-state index in [1.165, 1.54) is 5.56 Å². The zero-order valence-corrected chi connectivity index (χ0v) is 10.4. The van der Waals surface area contributed by atoms with Crippen molar-refractivity contribution in [3.8, 4) is 5.75 Å². The highest BCUT2D eigenvalue weighted by atomic mass is 79.9. The molecule has 1 rings (SSSR count). The van der Waals surface area contributed by atoms with Crippen molar-refractivity contribution >= 4 is 15.9 Å². The van der Waals surface area contributed by atoms with Crippen molar-refractivity contribution in [2.45, 2.75) is 26.2 Å². The first kappa shape index (κ1) is 11.6. The molecule has 1 unspecified atom stereocenters. The maximum absolute atomic E-state index is 5.66. The summed E-state index contributed by atoms with van der Waals surface area (Å²) >= 11 is 3.36. The maximum Gasteiger partial charge on any atom is 0.122 e. The Morgan fingerprint density at radius 1 is 1.36 bits per heavy atom. The molecule has 0 amide bonds. The first-order valence-corrected chi connectivity index (χ1v) is 6.19. The summed E-state index contributed by atoms with van der Waals surface area (Å²) in [5.41, 5.74) is 1.32. The molecule has 0 heterocycles. The second-order valence-electron chi connectivity index (χ2n) is 3.38. The second kappa shape index (κ2) is 6.07. The number of benzene rings is 1. The number of hydrogen-bond acceptors (Lipinski definition) is 1. The van der Waals surface area contributed by atoms with Crippen molar-refractivity contribution in [1.29, 1.82) is 0 Å². The molecule has 0 fully saturated rings. The minimum absolute atomic E-state index is 0.571. The van der Waals surface area contributed by atoms with Gasteiger partial charge in [-0.1, -0.05) is 48.0 Å². The molecular weight excluding hydrogens is 240 g/mol. The average molecular weight is 257 g/mol. The summed E-state index contributed by atoms with van der Waals surface area (Å²) in [6, 6.07) is 8.29. The molecule has 14 heavy (non-hydrogen) atoms. The Bertz CT molecular complexity index is 273. The van der Waals surface area contributed by atoms with Crippen LogP contribution in [0.25, 0.3) is 0 Å². The third kappa shape index (κ3) is 3.02. The topological polar surface area (TPSA) is 9.23 Å². The van der Waals surface area contributed by atoms with Crippen LogP contribution >= 0.6 is 15.9 Å². The van der Waals surface area contributed by atoms with Crippen molar-refractivity contribution in [3.63, 3.8) is 0 Å². The van der Waals surface area contributed by atoms with E-state index in [0.29, 0.717) is 5.92 Å². The summed E-state index contributed by atoms with van der Waals surface area (Å²) in [5.74, 6) is 1.60. The van der Waals surface area contributed by atoms with E-state index in [1.807, 2.05) is 12.1 Å². The van der Waals surface area contributed by atoms with Gasteiger partial charge in [0.25, 0.3) is 0 Å². The van der Waals surface area contributed by atoms with Crippen LogP contribution in [0.15, 0.2) is 24.3 Å². The monoisotopic (exact) mass is 256 g/mol. The molecule has 0 aliphatic carbocycles. The van der Waals surface area contributed by atoms with Gasteiger partial charge in [0, 0.05) is 5.33 Å². The van der Waals surface area contributed by atoms with Crippen LogP contribution in [0.5, 0.6) is 5.75 Å². The van der Waals surface area contributed by atoms with Crippen LogP contribution in [0.3, 0.4) is 0 Å². The highest BCUT2D eigenvalue weighted by Crippen LogP contribution is 2.28. The van der Waals surface area contributed by atoms with E-state index < -0.39 is 0 Å². The molecule has 0 saturated heterocycles. The number of halogens is 1. The fourth-order valence-electron chi connectivity index (χ4n) is 1.39. The molecule has 1 nitrogen and oxygen atoms in total. The Morgan fingerprint density at radius 3 is 2.71 bits per heavy atom. The Labute approximate surface area is 94.6 Å². The molecule has 1 aromatic rings. The highest BCUT2D eigenvalue weighted by molar-refractivity contribution is 9.09. The van der Waals surface area contributed by atoms with E-state index in [1.54, 1.807) is 0 Å². The summed E-state index contributed by atoms with van der Waals surface area (Å²) in [4.78, 5) is 0. The second-order valence-corrected chi connectivity index (χ2v) is 4.18. The number of ether oxygens (including phenoxy) is 1. The molecule has 0 N–H and O–H groups in total. The molecule has 0 aliphatic heterocycles. The smallest absolute Gasteiger partial charge is 0.122 e. The fraction of sp³-hybridized carbons (Fsp3) is 0.500. The van der Waals surface area contributed by atoms with E-state index in [0.717, 1.165) is 24.1 Å². The predicted molar refractivity (Wildman–Crippen MR) is 64.4 cm³/mol. The molecule has 78 valence electrons. The lowest BCUT2D eigenvalue weighted by Crippen LogP contribution is -2.02. The molecule has 0 saturated carbocycles. The number of rotatable bonds is 5.